The van der Waals surface area contributed by atoms with Gasteiger partial charge in [0.1, 0.15) is 0 Å². The lowest BCUT2D eigenvalue weighted by molar-refractivity contribution is -0.137. The number of nitrogens with zero attached hydrogens (tertiary/aromatic N) is 3. The van der Waals surface area contributed by atoms with Crippen molar-refractivity contribution >= 4 is 17.6 Å². The molecule has 2 rings (SSSR count). The van der Waals surface area contributed by atoms with Crippen molar-refractivity contribution < 1.29 is 9.53 Å². The Bertz CT molecular complexity index is 531. The van der Waals surface area contributed by atoms with Gasteiger partial charge < -0.3 is 4.74 Å². The van der Waals surface area contributed by atoms with Crippen molar-refractivity contribution in [2.24, 2.45) is 0 Å². The molecule has 0 amide bonds. The largest absolute Gasteiger partial charge is 0.463 e. The van der Waals surface area contributed by atoms with Crippen LogP contribution in [0, 0.1) is 0 Å². The molecule has 2 heterocycles. The van der Waals surface area contributed by atoms with Gasteiger partial charge in [-0.25, -0.2) is 9.31 Å². The Labute approximate surface area is 92.3 Å². The number of rotatable bonds is 3. The van der Waals surface area contributed by atoms with Gasteiger partial charge in [-0.1, -0.05) is 11.3 Å². The van der Waals surface area contributed by atoms with Crippen LogP contribution in [0.3, 0.4) is 0 Å². The zero-order valence-electron chi connectivity index (χ0n) is 8.83. The molecular weight excluding hydrogens is 206 g/mol. The van der Waals surface area contributed by atoms with Crippen molar-refractivity contribution in [3.05, 3.63) is 36.2 Å². The first-order valence-electron chi connectivity index (χ1n) is 4.94. The van der Waals surface area contributed by atoms with Crippen LogP contribution in [0.25, 0.3) is 11.6 Å². The van der Waals surface area contributed by atoms with Gasteiger partial charge in [0.25, 0.3) is 0 Å². The molecule has 0 N–H and O–H groups in total. The molecule has 0 aliphatic heterocycles. The summed E-state index contributed by atoms with van der Waals surface area (Å²) in [6.07, 6.45) is 6.53. The van der Waals surface area contributed by atoms with Gasteiger partial charge in [-0.05, 0) is 24.6 Å². The minimum absolute atomic E-state index is 0.346. The van der Waals surface area contributed by atoms with Crippen molar-refractivity contribution in [1.29, 1.82) is 0 Å². The molecule has 0 atom stereocenters. The van der Waals surface area contributed by atoms with E-state index >= 15 is 0 Å². The number of ether oxygens (including phenoxy) is 1. The third kappa shape index (κ3) is 2.25. The van der Waals surface area contributed by atoms with Crippen LogP contribution in [0.2, 0.25) is 0 Å². The van der Waals surface area contributed by atoms with Crippen molar-refractivity contribution in [3.63, 3.8) is 0 Å². The maximum Gasteiger partial charge on any atom is 0.330 e. The van der Waals surface area contributed by atoms with Crippen LogP contribution < -0.4 is 0 Å². The fourth-order valence-electron chi connectivity index (χ4n) is 1.29. The molecule has 0 bridgehead atoms. The molecule has 5 heteroatoms. The summed E-state index contributed by atoms with van der Waals surface area (Å²) in [7, 11) is 0. The van der Waals surface area contributed by atoms with Crippen molar-refractivity contribution in [2.75, 3.05) is 6.61 Å². The number of pyridine rings is 1. The van der Waals surface area contributed by atoms with Crippen LogP contribution in [-0.2, 0) is 9.53 Å². The van der Waals surface area contributed by atoms with E-state index in [1.54, 1.807) is 29.9 Å². The Morgan fingerprint density at radius 3 is 3.25 bits per heavy atom. The van der Waals surface area contributed by atoms with Gasteiger partial charge in [0.05, 0.1) is 18.3 Å². The molecule has 0 aromatic carbocycles. The van der Waals surface area contributed by atoms with Crippen LogP contribution in [0.5, 0.6) is 0 Å². The number of hydrogen-bond donors (Lipinski definition) is 0. The summed E-state index contributed by atoms with van der Waals surface area (Å²) in [5.41, 5.74) is 1.78. The van der Waals surface area contributed by atoms with E-state index in [4.69, 9.17) is 4.74 Å². The first-order chi connectivity index (χ1) is 7.79. The van der Waals surface area contributed by atoms with E-state index in [1.165, 1.54) is 6.08 Å². The summed E-state index contributed by atoms with van der Waals surface area (Å²) in [4.78, 5) is 11.1. The molecule has 0 saturated carbocycles. The highest BCUT2D eigenvalue weighted by Gasteiger charge is 1.96. The van der Waals surface area contributed by atoms with Crippen LogP contribution in [0.4, 0.5) is 0 Å². The van der Waals surface area contributed by atoms with E-state index in [-0.39, 0.29) is 5.97 Å². The third-order valence-electron chi connectivity index (χ3n) is 2.02. The van der Waals surface area contributed by atoms with E-state index in [0.29, 0.717) is 6.61 Å². The van der Waals surface area contributed by atoms with E-state index < -0.39 is 0 Å². The molecule has 0 saturated heterocycles. The Balaban J connectivity index is 2.17. The number of esters is 1. The second kappa shape index (κ2) is 4.57. The highest BCUT2D eigenvalue weighted by molar-refractivity contribution is 5.87. The Kier molecular flexibility index (Phi) is 2.95. The number of fused-ring (bicyclic) bond motifs is 1. The van der Waals surface area contributed by atoms with Crippen molar-refractivity contribution in [2.45, 2.75) is 6.92 Å². The van der Waals surface area contributed by atoms with Crippen LogP contribution in [0.1, 0.15) is 12.5 Å². The number of hydrogen-bond acceptors (Lipinski definition) is 4. The highest BCUT2D eigenvalue weighted by atomic mass is 16.5. The predicted octanol–water partition coefficient (Wildman–Crippen LogP) is 1.31. The fourth-order valence-corrected chi connectivity index (χ4v) is 1.29. The molecule has 16 heavy (non-hydrogen) atoms. The molecule has 0 aliphatic carbocycles. The molecule has 0 aliphatic rings. The van der Waals surface area contributed by atoms with Gasteiger partial charge >= 0.3 is 5.97 Å². The molecule has 82 valence electrons. The fraction of sp³-hybridized carbons (Fsp3) is 0.182. The second-order valence-electron chi connectivity index (χ2n) is 3.15. The van der Waals surface area contributed by atoms with Gasteiger partial charge in [-0.2, -0.15) is 0 Å². The quantitative estimate of drug-likeness (QED) is 0.574. The maximum absolute atomic E-state index is 11.1. The number of carbonyl (C=O) groups excluding carboxylic acids is 1. The first-order valence-corrected chi connectivity index (χ1v) is 4.94. The van der Waals surface area contributed by atoms with Gasteiger partial charge in [-0.3, -0.25) is 0 Å². The van der Waals surface area contributed by atoms with Gasteiger partial charge in [0.15, 0.2) is 0 Å². The zero-order valence-corrected chi connectivity index (χ0v) is 8.83. The lowest BCUT2D eigenvalue weighted by atomic mass is 10.2. The summed E-state index contributed by atoms with van der Waals surface area (Å²) >= 11 is 0. The monoisotopic (exact) mass is 217 g/mol. The standard InChI is InChI=1S/C11H11N3O2/c1-2-16-11(15)6-4-9-3-5-10-7-12-13-14(10)8-9/h3-8H,2H2,1H3/b6-4+. The molecule has 5 nitrogen and oxygen atoms in total. The normalized spacial score (nSPS) is 11.1. The van der Waals surface area contributed by atoms with Gasteiger partial charge in [0.2, 0.25) is 0 Å². The Morgan fingerprint density at radius 1 is 1.56 bits per heavy atom. The highest BCUT2D eigenvalue weighted by Crippen LogP contribution is 2.05. The van der Waals surface area contributed by atoms with Crippen LogP contribution >= 0.6 is 0 Å². The average Bonchev–Trinajstić information content (AvgIpc) is 2.74. The van der Waals surface area contributed by atoms with Crippen molar-refractivity contribution in [1.82, 2.24) is 14.8 Å². The topological polar surface area (TPSA) is 56.5 Å². The van der Waals surface area contributed by atoms with Crippen LogP contribution in [-0.4, -0.2) is 27.4 Å². The van der Waals surface area contributed by atoms with E-state index in [0.717, 1.165) is 11.1 Å². The van der Waals surface area contributed by atoms with Gasteiger partial charge in [0, 0.05) is 12.3 Å². The van der Waals surface area contributed by atoms with E-state index in [1.807, 2.05) is 12.1 Å². The lowest BCUT2D eigenvalue weighted by Crippen LogP contribution is -1.98. The molecule has 2 aromatic heterocycles. The van der Waals surface area contributed by atoms with E-state index in [2.05, 4.69) is 10.3 Å². The molecule has 0 radical (unpaired) electrons. The van der Waals surface area contributed by atoms with E-state index in [9.17, 15) is 4.79 Å². The summed E-state index contributed by atoms with van der Waals surface area (Å²) in [6, 6.07) is 3.76. The summed E-state index contributed by atoms with van der Waals surface area (Å²) in [5, 5.41) is 7.62. The zero-order chi connectivity index (χ0) is 11.4. The average molecular weight is 217 g/mol. The number of carbonyl (C=O) groups is 1. The predicted molar refractivity (Wildman–Crippen MR) is 58.7 cm³/mol. The van der Waals surface area contributed by atoms with Crippen molar-refractivity contribution in [3.8, 4) is 0 Å². The first kappa shape index (κ1) is 10.4. The summed E-state index contributed by atoms with van der Waals surface area (Å²) in [6.45, 7) is 2.15. The van der Waals surface area contributed by atoms with Crippen LogP contribution in [0.15, 0.2) is 30.6 Å². The minimum Gasteiger partial charge on any atom is -0.463 e. The SMILES string of the molecule is CCOC(=O)/C=C/c1ccc2cnnn2c1. The Morgan fingerprint density at radius 2 is 2.44 bits per heavy atom. The summed E-state index contributed by atoms with van der Waals surface area (Å²) in [5.74, 6) is -0.346. The number of aromatic nitrogens is 3. The molecule has 0 spiro atoms. The molecular formula is C11H11N3O2. The molecule has 0 fully saturated rings. The second-order valence-corrected chi connectivity index (χ2v) is 3.15. The molecule has 2 aromatic rings. The minimum atomic E-state index is -0.346. The smallest absolute Gasteiger partial charge is 0.330 e. The third-order valence-corrected chi connectivity index (χ3v) is 2.02. The lowest BCUT2D eigenvalue weighted by Gasteiger charge is -1.96. The molecule has 0 unspecified atom stereocenters. The van der Waals surface area contributed by atoms with Gasteiger partial charge in [-0.15, -0.1) is 5.10 Å². The summed E-state index contributed by atoms with van der Waals surface area (Å²) < 4.78 is 6.42. The maximum atomic E-state index is 11.1. The Hall–Kier alpha value is -2.17.